The molecular formula is C20H29ClF2N2O2. The molecule has 27 heavy (non-hydrogen) atoms. The third-order valence-corrected chi connectivity index (χ3v) is 5.64. The van der Waals surface area contributed by atoms with E-state index in [1.54, 1.807) is 12.1 Å². The van der Waals surface area contributed by atoms with Crippen molar-refractivity contribution in [3.63, 3.8) is 0 Å². The molecule has 2 aliphatic rings. The number of rotatable bonds is 4. The van der Waals surface area contributed by atoms with E-state index in [0.29, 0.717) is 25.1 Å². The summed E-state index contributed by atoms with van der Waals surface area (Å²) < 4.78 is 33.2. The van der Waals surface area contributed by atoms with Crippen LogP contribution in [0.5, 0.6) is 0 Å². The molecule has 0 aromatic heterocycles. The molecule has 0 bridgehead atoms. The van der Waals surface area contributed by atoms with Crippen molar-refractivity contribution in [3.05, 3.63) is 35.4 Å². The Hall–Kier alpha value is -1.24. The van der Waals surface area contributed by atoms with Crippen LogP contribution in [0.1, 0.15) is 39.2 Å². The Morgan fingerprint density at radius 3 is 2.56 bits per heavy atom. The van der Waals surface area contributed by atoms with E-state index in [9.17, 15) is 13.6 Å². The van der Waals surface area contributed by atoms with Crippen molar-refractivity contribution in [2.75, 3.05) is 26.2 Å². The van der Waals surface area contributed by atoms with Crippen LogP contribution in [0.3, 0.4) is 0 Å². The van der Waals surface area contributed by atoms with Gasteiger partial charge in [0, 0.05) is 25.7 Å². The van der Waals surface area contributed by atoms with E-state index in [1.807, 2.05) is 25.7 Å². The van der Waals surface area contributed by atoms with Gasteiger partial charge in [-0.15, -0.1) is 12.4 Å². The van der Waals surface area contributed by atoms with Gasteiger partial charge in [-0.25, -0.2) is 8.78 Å². The maximum Gasteiger partial charge on any atom is 0.251 e. The van der Waals surface area contributed by atoms with Gasteiger partial charge in [0.25, 0.3) is 5.91 Å². The van der Waals surface area contributed by atoms with Gasteiger partial charge in [0.1, 0.15) is 6.10 Å². The van der Waals surface area contributed by atoms with Crippen LogP contribution < -0.4 is 0 Å². The predicted octanol–water partition coefficient (Wildman–Crippen LogP) is 3.42. The van der Waals surface area contributed by atoms with E-state index in [2.05, 4.69) is 4.90 Å². The average Bonchev–Trinajstić information content (AvgIpc) is 2.61. The molecule has 2 saturated heterocycles. The number of benzene rings is 1. The van der Waals surface area contributed by atoms with E-state index in [1.165, 1.54) is 0 Å². The molecule has 2 heterocycles. The first-order valence-electron chi connectivity index (χ1n) is 9.45. The lowest BCUT2D eigenvalue weighted by molar-refractivity contribution is -0.192. The minimum Gasteiger partial charge on any atom is -0.360 e. The number of ether oxygens (including phenoxy) is 1. The number of halogens is 3. The largest absolute Gasteiger partial charge is 0.360 e. The van der Waals surface area contributed by atoms with Gasteiger partial charge in [0.05, 0.1) is 12.1 Å². The Morgan fingerprint density at radius 1 is 1.26 bits per heavy atom. The summed E-state index contributed by atoms with van der Waals surface area (Å²) in [7, 11) is 0. The Labute approximate surface area is 166 Å². The molecule has 0 aliphatic carbocycles. The predicted molar refractivity (Wildman–Crippen MR) is 103 cm³/mol. The summed E-state index contributed by atoms with van der Waals surface area (Å²) in [5, 5.41) is 0. The van der Waals surface area contributed by atoms with E-state index < -0.39 is 17.7 Å². The van der Waals surface area contributed by atoms with Crippen LogP contribution in [0.25, 0.3) is 0 Å². The molecule has 1 spiro atoms. The fraction of sp³-hybridized carbons (Fsp3) is 0.650. The van der Waals surface area contributed by atoms with Gasteiger partial charge >= 0.3 is 0 Å². The van der Waals surface area contributed by atoms with Crippen LogP contribution in [0, 0.1) is 11.6 Å². The third-order valence-electron chi connectivity index (χ3n) is 5.64. The molecule has 1 aromatic rings. The maximum absolute atomic E-state index is 13.8. The number of hydrogen-bond donors (Lipinski definition) is 0. The second kappa shape index (κ2) is 8.84. The second-order valence-corrected chi connectivity index (χ2v) is 7.81. The van der Waals surface area contributed by atoms with Crippen molar-refractivity contribution in [3.8, 4) is 0 Å². The third kappa shape index (κ3) is 4.79. The molecule has 2 aliphatic heterocycles. The number of amides is 1. The zero-order chi connectivity index (χ0) is 18.9. The highest BCUT2D eigenvalue weighted by atomic mass is 35.5. The van der Waals surface area contributed by atoms with Crippen LogP contribution >= 0.6 is 12.4 Å². The second-order valence-electron chi connectivity index (χ2n) is 7.81. The fourth-order valence-corrected chi connectivity index (χ4v) is 4.00. The first kappa shape index (κ1) is 22.1. The van der Waals surface area contributed by atoms with Crippen molar-refractivity contribution in [1.82, 2.24) is 9.80 Å². The van der Waals surface area contributed by atoms with Crippen LogP contribution in [0.4, 0.5) is 8.78 Å². The molecule has 0 unspecified atom stereocenters. The maximum atomic E-state index is 13.8. The fourth-order valence-electron chi connectivity index (χ4n) is 4.00. The normalized spacial score (nSPS) is 23.0. The van der Waals surface area contributed by atoms with Gasteiger partial charge in [0.2, 0.25) is 0 Å². The highest BCUT2D eigenvalue weighted by Gasteiger charge is 2.45. The molecule has 4 nitrogen and oxygen atoms in total. The Bertz CT molecular complexity index is 663. The molecule has 0 radical (unpaired) electrons. The van der Waals surface area contributed by atoms with Crippen molar-refractivity contribution in [2.45, 2.75) is 57.8 Å². The molecule has 3 rings (SSSR count). The molecule has 2 fully saturated rings. The zero-order valence-corrected chi connectivity index (χ0v) is 17.0. The molecule has 1 atom stereocenters. The molecule has 0 saturated carbocycles. The monoisotopic (exact) mass is 402 g/mol. The van der Waals surface area contributed by atoms with Crippen molar-refractivity contribution in [2.24, 2.45) is 0 Å². The van der Waals surface area contributed by atoms with E-state index in [4.69, 9.17) is 4.74 Å². The lowest BCUT2D eigenvalue weighted by atomic mass is 9.88. The minimum atomic E-state index is -0.789. The van der Waals surface area contributed by atoms with E-state index in [0.717, 1.165) is 32.0 Å². The van der Waals surface area contributed by atoms with Crippen LogP contribution in [-0.4, -0.2) is 59.6 Å². The summed E-state index contributed by atoms with van der Waals surface area (Å²) in [6.45, 7) is 8.91. The molecular weight excluding hydrogens is 374 g/mol. The van der Waals surface area contributed by atoms with Crippen LogP contribution in [0.2, 0.25) is 0 Å². The quantitative estimate of drug-likeness (QED) is 0.773. The summed E-state index contributed by atoms with van der Waals surface area (Å²) in [5.41, 5.74) is 0.141. The minimum absolute atomic E-state index is 0. The number of piperidine rings is 1. The number of likely N-dealkylation sites (tertiary alicyclic amines) is 1. The average molecular weight is 403 g/mol. The molecule has 1 aromatic carbocycles. The Kier molecular flexibility index (Phi) is 7.22. The lowest BCUT2D eigenvalue weighted by Crippen LogP contribution is -2.62. The number of carbonyl (C=O) groups excluding carboxylic acids is 1. The summed E-state index contributed by atoms with van der Waals surface area (Å²) in [4.78, 5) is 16.5. The summed E-state index contributed by atoms with van der Waals surface area (Å²) in [5.74, 6) is -1.46. The molecule has 7 heteroatoms. The number of hydrogen-bond acceptors (Lipinski definition) is 3. The van der Waals surface area contributed by atoms with Gasteiger partial charge in [-0.2, -0.15) is 0 Å². The smallest absolute Gasteiger partial charge is 0.251 e. The summed E-state index contributed by atoms with van der Waals surface area (Å²) >= 11 is 0. The van der Waals surface area contributed by atoms with Gasteiger partial charge < -0.3 is 14.5 Å². The SMILES string of the molecule is CC(C)N1CC2(CCN(CCc3cccc(F)c3F)CC2)O[C@H](C)C1=O.Cl. The highest BCUT2D eigenvalue weighted by Crippen LogP contribution is 2.33. The van der Waals surface area contributed by atoms with Crippen LogP contribution in [0.15, 0.2) is 18.2 Å². The molecule has 0 N–H and O–H groups in total. The topological polar surface area (TPSA) is 32.8 Å². The lowest BCUT2D eigenvalue weighted by Gasteiger charge is -2.50. The Balaban J connectivity index is 0.00000261. The number of carbonyl (C=O) groups is 1. The first-order chi connectivity index (χ1) is 12.3. The Morgan fingerprint density at radius 2 is 1.93 bits per heavy atom. The standard InChI is InChI=1S/C20H28F2N2O2.ClH/c1-14(2)24-13-20(26-15(3)19(24)25)8-11-23(12-9-20)10-7-16-5-4-6-17(21)18(16)22;/h4-6,14-15H,7-13H2,1-3H3;1H/t15-;/m1./s1. The zero-order valence-electron chi connectivity index (χ0n) is 16.2. The van der Waals surface area contributed by atoms with Crippen molar-refractivity contribution in [1.29, 1.82) is 0 Å². The summed E-state index contributed by atoms with van der Waals surface area (Å²) in [6, 6.07) is 4.50. The first-order valence-corrected chi connectivity index (χ1v) is 9.45. The molecule has 152 valence electrons. The van der Waals surface area contributed by atoms with Gasteiger partial charge in [0.15, 0.2) is 11.6 Å². The number of nitrogens with zero attached hydrogens (tertiary/aromatic N) is 2. The molecule has 1 amide bonds. The van der Waals surface area contributed by atoms with Crippen molar-refractivity contribution < 1.29 is 18.3 Å². The van der Waals surface area contributed by atoms with E-state index in [-0.39, 0.29) is 30.0 Å². The van der Waals surface area contributed by atoms with Crippen LogP contribution in [-0.2, 0) is 16.0 Å². The number of morpholine rings is 1. The van der Waals surface area contributed by atoms with Gasteiger partial charge in [-0.05, 0) is 51.7 Å². The van der Waals surface area contributed by atoms with Gasteiger partial charge in [-0.3, -0.25) is 4.79 Å². The van der Waals surface area contributed by atoms with Crippen molar-refractivity contribution >= 4 is 18.3 Å². The van der Waals surface area contributed by atoms with E-state index >= 15 is 0 Å². The summed E-state index contributed by atoms with van der Waals surface area (Å²) in [6.07, 6.45) is 1.78. The highest BCUT2D eigenvalue weighted by molar-refractivity contribution is 5.85. The van der Waals surface area contributed by atoms with Gasteiger partial charge in [-0.1, -0.05) is 12.1 Å².